The van der Waals surface area contributed by atoms with Crippen LogP contribution < -0.4 is 9.47 Å². The molecule has 0 aromatic carbocycles. The normalized spacial score (nSPS) is 9.56. The quantitative estimate of drug-likeness (QED) is 0.529. The molecule has 0 fully saturated rings. The highest BCUT2D eigenvalue weighted by molar-refractivity contribution is 6.30. The third-order valence-electron chi connectivity index (χ3n) is 1.64. The van der Waals surface area contributed by atoms with Crippen LogP contribution >= 0.6 is 0 Å². The fourth-order valence-electron chi connectivity index (χ4n) is 0.950. The summed E-state index contributed by atoms with van der Waals surface area (Å²) in [5, 5.41) is 0. The summed E-state index contributed by atoms with van der Waals surface area (Å²) >= 11 is 0. The number of hydrogen-bond acceptors (Lipinski definition) is 8. The van der Waals surface area contributed by atoms with Crippen molar-refractivity contribution in [3.8, 4) is 11.8 Å². The van der Waals surface area contributed by atoms with Crippen LogP contribution in [0.3, 0.4) is 0 Å². The molecular weight excluding hydrogens is 240 g/mol. The van der Waals surface area contributed by atoms with E-state index < -0.39 is 11.9 Å². The lowest BCUT2D eigenvalue weighted by atomic mass is 10.6. The minimum Gasteiger partial charge on any atom is -0.397 e. The number of ether oxygens (including phenoxy) is 2. The van der Waals surface area contributed by atoms with E-state index in [0.29, 0.717) is 0 Å². The van der Waals surface area contributed by atoms with Crippen molar-refractivity contribution >= 4 is 11.9 Å². The zero-order valence-corrected chi connectivity index (χ0v) is 8.89. The standard InChI is InChI=1S/C10H6N4O4/c15-9(17-7-5-11-1-3-13-7)10(16)18-8-6-12-2-4-14-8/h1-6H. The maximum atomic E-state index is 11.3. The van der Waals surface area contributed by atoms with Crippen molar-refractivity contribution in [2.24, 2.45) is 0 Å². The third kappa shape index (κ3) is 3.04. The second kappa shape index (κ2) is 5.43. The summed E-state index contributed by atoms with van der Waals surface area (Å²) in [5.74, 6) is -2.64. The van der Waals surface area contributed by atoms with Gasteiger partial charge in [0.15, 0.2) is 0 Å². The van der Waals surface area contributed by atoms with Gasteiger partial charge in [-0.1, -0.05) is 0 Å². The Kier molecular flexibility index (Phi) is 3.50. The van der Waals surface area contributed by atoms with Crippen LogP contribution in [0.25, 0.3) is 0 Å². The number of carbonyl (C=O) groups excluding carboxylic acids is 2. The highest BCUT2D eigenvalue weighted by Gasteiger charge is 2.20. The summed E-state index contributed by atoms with van der Waals surface area (Å²) in [7, 11) is 0. The highest BCUT2D eigenvalue weighted by Crippen LogP contribution is 2.04. The van der Waals surface area contributed by atoms with Gasteiger partial charge in [-0.05, 0) is 0 Å². The van der Waals surface area contributed by atoms with Gasteiger partial charge in [0.05, 0.1) is 12.4 Å². The van der Waals surface area contributed by atoms with Gasteiger partial charge >= 0.3 is 11.9 Å². The summed E-state index contributed by atoms with van der Waals surface area (Å²) in [6, 6.07) is 0. The Hall–Kier alpha value is -2.90. The number of rotatable bonds is 2. The minimum atomic E-state index is -1.22. The predicted molar refractivity (Wildman–Crippen MR) is 55.3 cm³/mol. The van der Waals surface area contributed by atoms with Crippen molar-refractivity contribution in [2.75, 3.05) is 0 Å². The maximum Gasteiger partial charge on any atom is 0.424 e. The first-order chi connectivity index (χ1) is 8.75. The van der Waals surface area contributed by atoms with Crippen molar-refractivity contribution < 1.29 is 19.1 Å². The lowest BCUT2D eigenvalue weighted by molar-refractivity contribution is -0.156. The summed E-state index contributed by atoms with van der Waals surface area (Å²) in [5.41, 5.74) is 0. The van der Waals surface area contributed by atoms with E-state index in [1.165, 1.54) is 37.2 Å². The molecule has 18 heavy (non-hydrogen) atoms. The molecule has 0 bridgehead atoms. The Morgan fingerprint density at radius 2 is 1.22 bits per heavy atom. The van der Waals surface area contributed by atoms with E-state index in [2.05, 4.69) is 29.4 Å². The molecule has 90 valence electrons. The summed E-state index contributed by atoms with van der Waals surface area (Å²) in [6.45, 7) is 0. The Balaban J connectivity index is 1.96. The van der Waals surface area contributed by atoms with Gasteiger partial charge in [0.2, 0.25) is 11.8 Å². The Morgan fingerprint density at radius 1 is 0.778 bits per heavy atom. The van der Waals surface area contributed by atoms with Crippen LogP contribution in [0, 0.1) is 0 Å². The summed E-state index contributed by atoms with van der Waals surface area (Å²) < 4.78 is 9.23. The summed E-state index contributed by atoms with van der Waals surface area (Å²) in [4.78, 5) is 37.3. The van der Waals surface area contributed by atoms with Gasteiger partial charge < -0.3 is 9.47 Å². The van der Waals surface area contributed by atoms with Gasteiger partial charge in [-0.3, -0.25) is 9.97 Å². The smallest absolute Gasteiger partial charge is 0.397 e. The van der Waals surface area contributed by atoms with Gasteiger partial charge in [0.1, 0.15) is 0 Å². The molecule has 8 nitrogen and oxygen atoms in total. The first-order valence-corrected chi connectivity index (χ1v) is 4.72. The van der Waals surface area contributed by atoms with E-state index in [1.54, 1.807) is 0 Å². The fraction of sp³-hybridized carbons (Fsp3) is 0. The van der Waals surface area contributed by atoms with E-state index in [-0.39, 0.29) is 11.8 Å². The number of carbonyl (C=O) groups is 2. The number of aromatic nitrogens is 4. The van der Waals surface area contributed by atoms with E-state index in [9.17, 15) is 9.59 Å². The van der Waals surface area contributed by atoms with Crippen molar-refractivity contribution in [3.63, 3.8) is 0 Å². The van der Waals surface area contributed by atoms with Crippen molar-refractivity contribution in [2.45, 2.75) is 0 Å². The zero-order chi connectivity index (χ0) is 12.8. The molecule has 0 saturated carbocycles. The van der Waals surface area contributed by atoms with Crippen molar-refractivity contribution in [1.82, 2.24) is 19.9 Å². The Bertz CT molecular complexity index is 495. The Morgan fingerprint density at radius 3 is 1.56 bits per heavy atom. The average Bonchev–Trinajstić information content (AvgIpc) is 2.41. The van der Waals surface area contributed by atoms with Crippen LogP contribution in [-0.2, 0) is 9.59 Å². The van der Waals surface area contributed by atoms with Gasteiger partial charge in [0.25, 0.3) is 0 Å². The van der Waals surface area contributed by atoms with Crippen LogP contribution in [0.4, 0.5) is 0 Å². The third-order valence-corrected chi connectivity index (χ3v) is 1.64. The number of nitrogens with zero attached hydrogens (tertiary/aromatic N) is 4. The molecule has 0 spiro atoms. The second-order valence-corrected chi connectivity index (χ2v) is 2.87. The molecule has 2 aromatic rings. The molecule has 0 aliphatic rings. The lowest BCUT2D eigenvalue weighted by Crippen LogP contribution is -2.26. The monoisotopic (exact) mass is 246 g/mol. The first kappa shape index (κ1) is 11.6. The molecule has 0 saturated heterocycles. The topological polar surface area (TPSA) is 104 Å². The van der Waals surface area contributed by atoms with Crippen molar-refractivity contribution in [3.05, 3.63) is 37.2 Å². The highest BCUT2D eigenvalue weighted by atomic mass is 16.6. The van der Waals surface area contributed by atoms with Crippen LogP contribution in [0.5, 0.6) is 11.8 Å². The average molecular weight is 246 g/mol. The molecule has 2 aromatic heterocycles. The number of hydrogen-bond donors (Lipinski definition) is 0. The van der Waals surface area contributed by atoms with Crippen LogP contribution in [-0.4, -0.2) is 31.9 Å². The summed E-state index contributed by atoms with van der Waals surface area (Å²) in [6.07, 6.45) is 7.80. The lowest BCUT2D eigenvalue weighted by Gasteiger charge is -2.02. The van der Waals surface area contributed by atoms with Crippen LogP contribution in [0.1, 0.15) is 0 Å². The molecule has 8 heteroatoms. The predicted octanol–water partition coefficient (Wildman–Crippen LogP) is -0.222. The SMILES string of the molecule is O=C(Oc1cnccn1)C(=O)Oc1cnccn1. The molecule has 0 radical (unpaired) electrons. The Labute approximate surface area is 101 Å². The largest absolute Gasteiger partial charge is 0.424 e. The van der Waals surface area contributed by atoms with Gasteiger partial charge in [-0.15, -0.1) is 0 Å². The first-order valence-electron chi connectivity index (χ1n) is 4.72. The number of esters is 2. The minimum absolute atomic E-state index is 0.0985. The van der Waals surface area contributed by atoms with Crippen LogP contribution in [0.2, 0.25) is 0 Å². The maximum absolute atomic E-state index is 11.3. The molecule has 2 rings (SSSR count). The second-order valence-electron chi connectivity index (χ2n) is 2.87. The van der Waals surface area contributed by atoms with E-state index in [4.69, 9.17) is 0 Å². The molecule has 0 N–H and O–H groups in total. The molecule has 0 unspecified atom stereocenters. The molecule has 0 amide bonds. The van der Waals surface area contributed by atoms with E-state index >= 15 is 0 Å². The van der Waals surface area contributed by atoms with Gasteiger partial charge in [-0.2, -0.15) is 0 Å². The fourth-order valence-corrected chi connectivity index (χ4v) is 0.950. The molecular formula is C10H6N4O4. The molecule has 0 aliphatic carbocycles. The molecule has 0 atom stereocenters. The molecule has 0 aliphatic heterocycles. The van der Waals surface area contributed by atoms with Gasteiger partial charge in [0, 0.05) is 24.8 Å². The van der Waals surface area contributed by atoms with Crippen LogP contribution in [0.15, 0.2) is 37.2 Å². The van der Waals surface area contributed by atoms with Gasteiger partial charge in [-0.25, -0.2) is 19.6 Å². The molecule has 2 heterocycles. The zero-order valence-electron chi connectivity index (χ0n) is 8.89. The van der Waals surface area contributed by atoms with E-state index in [0.717, 1.165) is 0 Å². The van der Waals surface area contributed by atoms with E-state index in [1.807, 2.05) is 0 Å². The van der Waals surface area contributed by atoms with Crippen molar-refractivity contribution in [1.29, 1.82) is 0 Å².